The van der Waals surface area contributed by atoms with E-state index in [1.807, 2.05) is 6.92 Å². The van der Waals surface area contributed by atoms with Crippen LogP contribution in [0.25, 0.3) is 0 Å². The van der Waals surface area contributed by atoms with E-state index in [4.69, 9.17) is 0 Å². The number of nitrogens with one attached hydrogen (secondary N) is 1. The van der Waals surface area contributed by atoms with Gasteiger partial charge >= 0.3 is 0 Å². The predicted octanol–water partition coefficient (Wildman–Crippen LogP) is 1.86. The van der Waals surface area contributed by atoms with Crippen LogP contribution in [-0.4, -0.2) is 48.3 Å². The molecular weight excluding hydrogens is 212 g/mol. The van der Waals surface area contributed by atoms with E-state index in [2.05, 4.69) is 31.0 Å². The minimum absolute atomic E-state index is 0.323. The zero-order chi connectivity index (χ0) is 12.9. The van der Waals surface area contributed by atoms with E-state index in [9.17, 15) is 5.11 Å². The molecule has 0 aliphatic carbocycles. The van der Waals surface area contributed by atoms with Crippen LogP contribution in [0, 0.1) is 5.41 Å². The molecule has 2 unspecified atom stereocenters. The molecule has 2 N–H and O–H groups in total. The summed E-state index contributed by atoms with van der Waals surface area (Å²) >= 11 is 0. The lowest BCUT2D eigenvalue weighted by atomic mass is 9.85. The van der Waals surface area contributed by atoms with Crippen LogP contribution in [0.15, 0.2) is 0 Å². The van der Waals surface area contributed by atoms with Crippen LogP contribution in [0.2, 0.25) is 0 Å². The highest BCUT2D eigenvalue weighted by Gasteiger charge is 2.32. The van der Waals surface area contributed by atoms with Gasteiger partial charge in [-0.1, -0.05) is 20.8 Å². The molecule has 0 bridgehead atoms. The van der Waals surface area contributed by atoms with Crippen molar-refractivity contribution in [2.45, 2.75) is 52.6 Å². The minimum Gasteiger partial charge on any atom is -0.389 e. The highest BCUT2D eigenvalue weighted by molar-refractivity contribution is 4.87. The first-order valence-electron chi connectivity index (χ1n) is 7.06. The van der Waals surface area contributed by atoms with E-state index in [1.54, 1.807) is 0 Å². The number of piperidine rings is 1. The van der Waals surface area contributed by atoms with Gasteiger partial charge in [-0.05, 0) is 44.7 Å². The van der Waals surface area contributed by atoms with Gasteiger partial charge in [-0.25, -0.2) is 0 Å². The lowest BCUT2D eigenvalue weighted by Gasteiger charge is -2.41. The molecule has 1 heterocycles. The smallest absolute Gasteiger partial charge is 0.0746 e. The Morgan fingerprint density at radius 2 is 2.12 bits per heavy atom. The van der Waals surface area contributed by atoms with Gasteiger partial charge in [0.25, 0.3) is 0 Å². The second kappa shape index (κ2) is 6.17. The molecule has 0 radical (unpaired) electrons. The van der Waals surface area contributed by atoms with Crippen LogP contribution in [-0.2, 0) is 0 Å². The zero-order valence-corrected chi connectivity index (χ0v) is 12.1. The third-order valence-corrected chi connectivity index (χ3v) is 4.01. The Kier molecular flexibility index (Phi) is 5.42. The summed E-state index contributed by atoms with van der Waals surface area (Å²) < 4.78 is 0. The maximum absolute atomic E-state index is 10.1. The van der Waals surface area contributed by atoms with Gasteiger partial charge in [0, 0.05) is 19.6 Å². The van der Waals surface area contributed by atoms with Crippen molar-refractivity contribution < 1.29 is 5.11 Å². The lowest BCUT2D eigenvalue weighted by Crippen LogP contribution is -2.51. The van der Waals surface area contributed by atoms with Crippen LogP contribution in [0.4, 0.5) is 0 Å². The summed E-state index contributed by atoms with van der Waals surface area (Å²) in [5, 5.41) is 13.6. The van der Waals surface area contributed by atoms with Crippen molar-refractivity contribution in [3.8, 4) is 0 Å². The molecule has 102 valence electrons. The van der Waals surface area contributed by atoms with Crippen molar-refractivity contribution in [2.75, 3.05) is 32.7 Å². The molecule has 0 saturated carbocycles. The molecule has 17 heavy (non-hydrogen) atoms. The predicted molar refractivity (Wildman–Crippen MR) is 73.2 cm³/mol. The first kappa shape index (κ1) is 14.9. The van der Waals surface area contributed by atoms with E-state index < -0.39 is 5.60 Å². The van der Waals surface area contributed by atoms with E-state index in [-0.39, 0.29) is 0 Å². The fraction of sp³-hybridized carbons (Fsp3) is 1.00. The van der Waals surface area contributed by atoms with Gasteiger partial charge in [-0.3, -0.25) is 4.90 Å². The number of hydrogen-bond donors (Lipinski definition) is 2. The molecule has 0 amide bonds. The number of aliphatic hydroxyl groups is 1. The number of β-amino-alcohol motifs (C(OH)–C–C–N with tert-alkyl or cyclic N) is 1. The average molecular weight is 242 g/mol. The number of hydrogen-bond acceptors (Lipinski definition) is 3. The van der Waals surface area contributed by atoms with E-state index in [1.165, 1.54) is 6.42 Å². The molecule has 1 rings (SSSR count). The molecule has 1 aliphatic rings. The van der Waals surface area contributed by atoms with Gasteiger partial charge in [0.05, 0.1) is 5.60 Å². The van der Waals surface area contributed by atoms with Crippen LogP contribution in [0.5, 0.6) is 0 Å². The van der Waals surface area contributed by atoms with Crippen molar-refractivity contribution in [3.63, 3.8) is 0 Å². The van der Waals surface area contributed by atoms with Gasteiger partial charge in [0.15, 0.2) is 0 Å². The topological polar surface area (TPSA) is 35.5 Å². The first-order valence-corrected chi connectivity index (χ1v) is 7.06. The molecule has 0 aromatic carbocycles. The average Bonchev–Trinajstić information content (AvgIpc) is 2.25. The standard InChI is InChI=1S/C14H30N2O/c1-5-13(3,10-15-6-2)11-16-9-7-8-14(4,17)12-16/h15,17H,5-12H2,1-4H3. The Morgan fingerprint density at radius 3 is 2.65 bits per heavy atom. The molecule has 0 spiro atoms. The van der Waals surface area contributed by atoms with Gasteiger partial charge in [-0.2, -0.15) is 0 Å². The van der Waals surface area contributed by atoms with E-state index >= 15 is 0 Å². The Balaban J connectivity index is 2.49. The number of rotatable bonds is 6. The zero-order valence-electron chi connectivity index (χ0n) is 12.1. The summed E-state index contributed by atoms with van der Waals surface area (Å²) in [7, 11) is 0. The van der Waals surface area contributed by atoms with E-state index in [0.717, 1.165) is 45.6 Å². The normalized spacial score (nSPS) is 30.2. The second-order valence-electron chi connectivity index (χ2n) is 6.26. The highest BCUT2D eigenvalue weighted by Crippen LogP contribution is 2.26. The summed E-state index contributed by atoms with van der Waals surface area (Å²) in [5.74, 6) is 0. The maximum Gasteiger partial charge on any atom is 0.0746 e. The molecule has 3 nitrogen and oxygen atoms in total. The summed E-state index contributed by atoms with van der Waals surface area (Å²) in [4.78, 5) is 2.43. The third kappa shape index (κ3) is 4.94. The fourth-order valence-electron chi connectivity index (χ4n) is 2.72. The second-order valence-corrected chi connectivity index (χ2v) is 6.26. The molecule has 0 aromatic rings. The van der Waals surface area contributed by atoms with Crippen molar-refractivity contribution in [2.24, 2.45) is 5.41 Å². The minimum atomic E-state index is -0.481. The Morgan fingerprint density at radius 1 is 1.41 bits per heavy atom. The van der Waals surface area contributed by atoms with Crippen LogP contribution < -0.4 is 5.32 Å². The van der Waals surface area contributed by atoms with Crippen molar-refractivity contribution >= 4 is 0 Å². The maximum atomic E-state index is 10.1. The Bertz CT molecular complexity index is 230. The molecule has 3 heteroatoms. The molecular formula is C14H30N2O. The van der Waals surface area contributed by atoms with Gasteiger partial charge in [-0.15, -0.1) is 0 Å². The monoisotopic (exact) mass is 242 g/mol. The number of nitrogens with zero attached hydrogens (tertiary/aromatic N) is 1. The molecule has 1 aliphatic heterocycles. The van der Waals surface area contributed by atoms with Gasteiger partial charge in [0.1, 0.15) is 0 Å². The first-order chi connectivity index (χ1) is 7.91. The van der Waals surface area contributed by atoms with Crippen LogP contribution in [0.1, 0.15) is 47.0 Å². The fourth-order valence-corrected chi connectivity index (χ4v) is 2.72. The van der Waals surface area contributed by atoms with Gasteiger partial charge in [0.2, 0.25) is 0 Å². The van der Waals surface area contributed by atoms with Crippen molar-refractivity contribution in [1.29, 1.82) is 0 Å². The number of likely N-dealkylation sites (tertiary alicyclic amines) is 1. The van der Waals surface area contributed by atoms with E-state index in [0.29, 0.717) is 5.41 Å². The summed E-state index contributed by atoms with van der Waals surface area (Å²) in [6.07, 6.45) is 3.24. The third-order valence-electron chi connectivity index (χ3n) is 4.01. The summed E-state index contributed by atoms with van der Waals surface area (Å²) in [5.41, 5.74) is -0.158. The molecule has 2 atom stereocenters. The van der Waals surface area contributed by atoms with Crippen molar-refractivity contribution in [3.05, 3.63) is 0 Å². The van der Waals surface area contributed by atoms with Crippen molar-refractivity contribution in [1.82, 2.24) is 10.2 Å². The Hall–Kier alpha value is -0.120. The Labute approximate surface area is 107 Å². The summed E-state index contributed by atoms with van der Waals surface area (Å²) in [6.45, 7) is 13.9. The lowest BCUT2D eigenvalue weighted by molar-refractivity contribution is -0.0272. The molecule has 0 aromatic heterocycles. The highest BCUT2D eigenvalue weighted by atomic mass is 16.3. The SMILES string of the molecule is CCNCC(C)(CC)CN1CCCC(C)(O)C1. The van der Waals surface area contributed by atoms with Crippen LogP contribution in [0.3, 0.4) is 0 Å². The molecule has 1 fully saturated rings. The largest absolute Gasteiger partial charge is 0.389 e. The quantitative estimate of drug-likeness (QED) is 0.746. The van der Waals surface area contributed by atoms with Crippen LogP contribution >= 0.6 is 0 Å². The summed E-state index contributed by atoms with van der Waals surface area (Å²) in [6, 6.07) is 0. The van der Waals surface area contributed by atoms with Gasteiger partial charge < -0.3 is 10.4 Å². The molecule has 1 saturated heterocycles.